The minimum absolute atomic E-state index is 0.00944. The zero-order chi connectivity index (χ0) is 17.4. The Morgan fingerprint density at radius 1 is 1.35 bits per heavy atom. The van der Waals surface area contributed by atoms with Crippen molar-refractivity contribution in [2.75, 3.05) is 0 Å². The third-order valence-electron chi connectivity index (χ3n) is 3.38. The number of aliphatic carboxylic acids is 1. The molecule has 3 atom stereocenters. The van der Waals surface area contributed by atoms with Gasteiger partial charge in [0, 0.05) is 0 Å². The van der Waals surface area contributed by atoms with Gasteiger partial charge in [0.15, 0.2) is 0 Å². The van der Waals surface area contributed by atoms with Crippen LogP contribution in [-0.2, 0) is 14.4 Å². The molecule has 1 aliphatic heterocycles. The Bertz CT molecular complexity index is 566. The molecule has 23 heavy (non-hydrogen) atoms. The Hall–Kier alpha value is -1.71. The second-order valence-electron chi connectivity index (χ2n) is 5.38. The molecule has 0 saturated carbocycles. The van der Waals surface area contributed by atoms with Crippen LogP contribution >= 0.6 is 0 Å². The summed E-state index contributed by atoms with van der Waals surface area (Å²) < 4.78 is 59.0. The molecule has 0 spiro atoms. The number of rotatable bonds is 4. The molecule has 9 heteroatoms. The highest BCUT2D eigenvalue weighted by molar-refractivity contribution is 5.80. The number of alkyl halides is 3. The highest BCUT2D eigenvalue weighted by Gasteiger charge is 2.72. The monoisotopic (exact) mass is 337 g/mol. The second kappa shape index (κ2) is 6.06. The molecule has 3 unspecified atom stereocenters. The zero-order valence-corrected chi connectivity index (χ0v) is 12.2. The van der Waals surface area contributed by atoms with Crippen LogP contribution in [0.3, 0.4) is 0 Å². The molecule has 1 fully saturated rings. The summed E-state index contributed by atoms with van der Waals surface area (Å²) in [7, 11) is 0. The smallest absolute Gasteiger partial charge is 0.420 e. The molecule has 1 N–H and O–H groups in total. The van der Waals surface area contributed by atoms with Gasteiger partial charge < -0.3 is 9.84 Å². The van der Waals surface area contributed by atoms with Gasteiger partial charge in [-0.1, -0.05) is 30.3 Å². The lowest BCUT2D eigenvalue weighted by atomic mass is 9.84. The minimum Gasteiger partial charge on any atom is -0.479 e. The number of hydroxylamine groups is 1. The van der Waals surface area contributed by atoms with E-state index in [4.69, 9.17) is 4.74 Å². The fourth-order valence-corrected chi connectivity index (χ4v) is 2.63. The van der Waals surface area contributed by atoms with Crippen molar-refractivity contribution in [1.29, 1.82) is 0 Å². The molecule has 1 saturated heterocycles. The van der Waals surface area contributed by atoms with Crippen LogP contribution in [0.15, 0.2) is 30.3 Å². The Balaban J connectivity index is 2.64. The van der Waals surface area contributed by atoms with Crippen molar-refractivity contribution in [2.24, 2.45) is 0 Å². The SMILES string of the molecule is CC(C)OC1(C(=O)O)C(c2ccccc2)N(F)OC1C(F)(F)F. The summed E-state index contributed by atoms with van der Waals surface area (Å²) >= 11 is 0. The zero-order valence-electron chi connectivity index (χ0n) is 12.2. The van der Waals surface area contributed by atoms with Gasteiger partial charge >= 0.3 is 12.1 Å². The van der Waals surface area contributed by atoms with E-state index in [1.54, 1.807) is 6.07 Å². The average molecular weight is 337 g/mol. The Kier molecular flexibility index (Phi) is 4.65. The van der Waals surface area contributed by atoms with E-state index in [-0.39, 0.29) is 5.56 Å². The van der Waals surface area contributed by atoms with Gasteiger partial charge in [0.1, 0.15) is 6.04 Å². The van der Waals surface area contributed by atoms with Crippen molar-refractivity contribution in [3.63, 3.8) is 0 Å². The summed E-state index contributed by atoms with van der Waals surface area (Å²) in [5, 5.41) is 8.90. The first-order valence-electron chi connectivity index (χ1n) is 6.75. The van der Waals surface area contributed by atoms with Crippen LogP contribution in [0.5, 0.6) is 0 Å². The van der Waals surface area contributed by atoms with E-state index in [1.807, 2.05) is 0 Å². The normalized spacial score (nSPS) is 29.2. The van der Waals surface area contributed by atoms with Gasteiger partial charge in [-0.15, -0.1) is 4.48 Å². The number of halogens is 4. The van der Waals surface area contributed by atoms with Crippen molar-refractivity contribution in [1.82, 2.24) is 5.29 Å². The molecule has 1 aromatic rings. The fraction of sp³-hybridized carbons (Fsp3) is 0.500. The van der Waals surface area contributed by atoms with Crippen molar-refractivity contribution in [3.8, 4) is 0 Å². The molecule has 5 nitrogen and oxygen atoms in total. The molecule has 2 rings (SSSR count). The lowest BCUT2D eigenvalue weighted by Gasteiger charge is -2.35. The minimum atomic E-state index is -5.14. The van der Waals surface area contributed by atoms with Crippen LogP contribution in [-0.4, -0.2) is 40.3 Å². The van der Waals surface area contributed by atoms with Gasteiger partial charge in [0.05, 0.1) is 6.10 Å². The van der Waals surface area contributed by atoms with E-state index in [1.165, 1.54) is 38.1 Å². The largest absolute Gasteiger partial charge is 0.479 e. The molecule has 1 heterocycles. The Labute approximate surface area is 129 Å². The fourth-order valence-electron chi connectivity index (χ4n) is 2.63. The van der Waals surface area contributed by atoms with Crippen molar-refractivity contribution < 1.29 is 37.1 Å². The van der Waals surface area contributed by atoms with E-state index < -0.39 is 41.3 Å². The number of benzene rings is 1. The molecule has 128 valence electrons. The number of nitrogens with zero attached hydrogens (tertiary/aromatic N) is 1. The van der Waals surface area contributed by atoms with E-state index in [0.717, 1.165) is 0 Å². The quantitative estimate of drug-likeness (QED) is 0.676. The molecule has 0 aromatic heterocycles. The molecular formula is C14H15F4NO4. The van der Waals surface area contributed by atoms with Gasteiger partial charge in [0.2, 0.25) is 11.7 Å². The lowest BCUT2D eigenvalue weighted by Crippen LogP contribution is -2.58. The number of carboxylic acid groups (broad SMARTS) is 1. The average Bonchev–Trinajstić information content (AvgIpc) is 2.73. The maximum Gasteiger partial charge on any atom is 0.420 e. The number of ether oxygens (including phenoxy) is 1. The van der Waals surface area contributed by atoms with Gasteiger partial charge in [-0.05, 0) is 24.7 Å². The summed E-state index contributed by atoms with van der Waals surface area (Å²) in [6.45, 7) is 2.72. The second-order valence-corrected chi connectivity index (χ2v) is 5.38. The molecule has 1 aromatic carbocycles. The van der Waals surface area contributed by atoms with Gasteiger partial charge in [-0.3, -0.25) is 4.84 Å². The van der Waals surface area contributed by atoms with Crippen LogP contribution in [0.4, 0.5) is 17.7 Å². The van der Waals surface area contributed by atoms with Crippen LogP contribution in [0.2, 0.25) is 0 Å². The summed E-state index contributed by atoms with van der Waals surface area (Å²) in [4.78, 5) is 16.0. The number of hydrogen-bond donors (Lipinski definition) is 1. The Morgan fingerprint density at radius 2 is 1.91 bits per heavy atom. The molecule has 0 aliphatic carbocycles. The maximum absolute atomic E-state index is 14.1. The van der Waals surface area contributed by atoms with Crippen LogP contribution < -0.4 is 0 Å². The first kappa shape index (κ1) is 17.6. The number of hydrogen-bond acceptors (Lipinski definition) is 4. The van der Waals surface area contributed by atoms with E-state index in [0.29, 0.717) is 0 Å². The summed E-state index contributed by atoms with van der Waals surface area (Å²) in [6, 6.07) is 5.17. The summed E-state index contributed by atoms with van der Waals surface area (Å²) in [5.74, 6) is -1.96. The molecular weight excluding hydrogens is 322 g/mol. The van der Waals surface area contributed by atoms with Gasteiger partial charge in [-0.2, -0.15) is 13.2 Å². The van der Waals surface area contributed by atoms with Gasteiger partial charge in [0.25, 0.3) is 0 Å². The predicted molar refractivity (Wildman–Crippen MR) is 69.6 cm³/mol. The first-order valence-corrected chi connectivity index (χ1v) is 6.75. The van der Waals surface area contributed by atoms with Crippen LogP contribution in [0, 0.1) is 0 Å². The van der Waals surface area contributed by atoms with Crippen molar-refractivity contribution in [2.45, 2.75) is 43.9 Å². The van der Waals surface area contributed by atoms with Crippen molar-refractivity contribution >= 4 is 5.97 Å². The highest BCUT2D eigenvalue weighted by Crippen LogP contribution is 2.51. The van der Waals surface area contributed by atoms with Gasteiger partial charge in [-0.25, -0.2) is 4.79 Å². The van der Waals surface area contributed by atoms with E-state index in [9.17, 15) is 27.6 Å². The molecule has 1 aliphatic rings. The molecule has 0 bridgehead atoms. The third-order valence-corrected chi connectivity index (χ3v) is 3.38. The lowest BCUT2D eigenvalue weighted by molar-refractivity contribution is -0.335. The van der Waals surface area contributed by atoms with E-state index >= 15 is 0 Å². The third kappa shape index (κ3) is 3.04. The summed E-state index contributed by atoms with van der Waals surface area (Å²) in [6.07, 6.45) is -9.02. The topological polar surface area (TPSA) is 59.0 Å². The first-order chi connectivity index (χ1) is 10.6. The molecule has 0 radical (unpaired) electrons. The number of carboxylic acids is 1. The number of carbonyl (C=O) groups is 1. The van der Waals surface area contributed by atoms with Crippen LogP contribution in [0.25, 0.3) is 0 Å². The van der Waals surface area contributed by atoms with Crippen LogP contribution in [0.1, 0.15) is 25.5 Å². The molecule has 0 amide bonds. The van der Waals surface area contributed by atoms with Crippen molar-refractivity contribution in [3.05, 3.63) is 35.9 Å². The Morgan fingerprint density at radius 3 is 2.35 bits per heavy atom. The summed E-state index contributed by atoms with van der Waals surface area (Å²) in [5.41, 5.74) is -2.98. The maximum atomic E-state index is 14.1. The van der Waals surface area contributed by atoms with E-state index in [2.05, 4.69) is 4.84 Å². The predicted octanol–water partition coefficient (Wildman–Crippen LogP) is 3.04. The highest BCUT2D eigenvalue weighted by atomic mass is 19.4. The standard InChI is InChI=1S/C14H15F4NO4/c1-8(2)22-13(12(20)21)10(9-6-4-3-5-7-9)19(18)23-11(13)14(15,16)17/h3-8,10-11H,1-2H3,(H,20,21).